The Morgan fingerprint density at radius 1 is 1.36 bits per heavy atom. The van der Waals surface area contributed by atoms with Crippen molar-refractivity contribution in [1.29, 1.82) is 0 Å². The van der Waals surface area contributed by atoms with Crippen LogP contribution < -0.4 is 5.32 Å². The van der Waals surface area contributed by atoms with Crippen molar-refractivity contribution in [3.05, 3.63) is 47.1 Å². The molecule has 0 radical (unpaired) electrons. The second kappa shape index (κ2) is 5.81. The lowest BCUT2D eigenvalue weighted by Gasteiger charge is -2.04. The zero-order valence-electron chi connectivity index (χ0n) is 11.6. The van der Waals surface area contributed by atoms with E-state index in [4.69, 9.17) is 16.7 Å². The maximum absolute atomic E-state index is 12.2. The van der Waals surface area contributed by atoms with Crippen LogP contribution in [0.15, 0.2) is 36.5 Å². The van der Waals surface area contributed by atoms with E-state index < -0.39 is 5.97 Å². The Kier molecular flexibility index (Phi) is 3.85. The maximum atomic E-state index is 12.2. The third-order valence-corrected chi connectivity index (χ3v) is 3.97. The zero-order valence-corrected chi connectivity index (χ0v) is 12.3. The highest BCUT2D eigenvalue weighted by molar-refractivity contribution is 6.31. The number of carbonyl (C=O) groups excluding carboxylic acids is 1. The Bertz CT molecular complexity index is 728. The predicted octanol–water partition coefficient (Wildman–Crippen LogP) is 2.36. The van der Waals surface area contributed by atoms with Crippen LogP contribution in [0.1, 0.15) is 17.9 Å². The number of nitrogens with zero attached hydrogens (tertiary/aromatic N) is 2. The number of hydrogen-bond acceptors (Lipinski definition) is 3. The van der Waals surface area contributed by atoms with Gasteiger partial charge in [-0.3, -0.25) is 14.3 Å². The molecule has 0 aliphatic heterocycles. The normalized spacial score (nSPS) is 19.7. The molecule has 1 aromatic heterocycles. The number of aromatic nitrogens is 2. The van der Waals surface area contributed by atoms with Crippen LogP contribution in [0.3, 0.4) is 0 Å². The third-order valence-electron chi connectivity index (χ3n) is 3.62. The summed E-state index contributed by atoms with van der Waals surface area (Å²) in [6.07, 6.45) is 2.27. The number of rotatable bonds is 5. The van der Waals surface area contributed by atoms with Crippen LogP contribution in [-0.4, -0.2) is 26.8 Å². The van der Waals surface area contributed by atoms with E-state index in [0.717, 1.165) is 12.0 Å². The number of amides is 1. The minimum Gasteiger partial charge on any atom is -0.480 e. The van der Waals surface area contributed by atoms with Crippen LogP contribution >= 0.6 is 11.6 Å². The second-order valence-electron chi connectivity index (χ2n) is 5.25. The van der Waals surface area contributed by atoms with E-state index >= 15 is 0 Å². The SMILES string of the molecule is O=C(O)Cn1ccc(NC(=O)[C@H]2C[C@H]2c2ccccc2Cl)n1. The molecule has 1 aliphatic carbocycles. The third kappa shape index (κ3) is 3.12. The molecule has 114 valence electrons. The average Bonchev–Trinajstić information content (AvgIpc) is 3.14. The Balaban J connectivity index is 1.61. The standard InChI is InChI=1S/C15H14ClN3O3/c16-12-4-2-1-3-9(12)10-7-11(10)15(22)17-13-5-6-19(18-13)8-14(20)21/h1-6,10-11H,7-8H2,(H,20,21)(H,17,18,22)/t10-,11-/m0/s1. The van der Waals surface area contributed by atoms with Gasteiger partial charge in [-0.15, -0.1) is 0 Å². The van der Waals surface area contributed by atoms with Crippen LogP contribution in [-0.2, 0) is 16.1 Å². The van der Waals surface area contributed by atoms with Gasteiger partial charge in [-0.1, -0.05) is 29.8 Å². The lowest BCUT2D eigenvalue weighted by molar-refractivity contribution is -0.137. The molecule has 2 N–H and O–H groups in total. The van der Waals surface area contributed by atoms with Crippen LogP contribution in [0.2, 0.25) is 5.02 Å². The minimum absolute atomic E-state index is 0.120. The first-order valence-corrected chi connectivity index (χ1v) is 7.23. The summed E-state index contributed by atoms with van der Waals surface area (Å²) in [5.74, 6) is -0.733. The van der Waals surface area contributed by atoms with E-state index in [1.807, 2.05) is 24.3 Å². The monoisotopic (exact) mass is 319 g/mol. The molecule has 6 nitrogen and oxygen atoms in total. The number of nitrogens with one attached hydrogen (secondary N) is 1. The number of carbonyl (C=O) groups is 2. The summed E-state index contributed by atoms with van der Waals surface area (Å²) in [5, 5.41) is 16.1. The summed E-state index contributed by atoms with van der Waals surface area (Å²) < 4.78 is 1.26. The molecule has 0 unspecified atom stereocenters. The molecule has 0 spiro atoms. The number of carboxylic acids is 1. The van der Waals surface area contributed by atoms with Crippen molar-refractivity contribution in [3.8, 4) is 0 Å². The summed E-state index contributed by atoms with van der Waals surface area (Å²) in [7, 11) is 0. The van der Waals surface area contributed by atoms with Crippen molar-refractivity contribution in [2.24, 2.45) is 5.92 Å². The molecule has 7 heteroatoms. The summed E-state index contributed by atoms with van der Waals surface area (Å²) in [6, 6.07) is 9.09. The lowest BCUT2D eigenvalue weighted by Crippen LogP contribution is -2.16. The van der Waals surface area contributed by atoms with E-state index in [2.05, 4.69) is 10.4 Å². The van der Waals surface area contributed by atoms with E-state index in [-0.39, 0.29) is 24.3 Å². The smallest absolute Gasteiger partial charge is 0.325 e. The van der Waals surface area contributed by atoms with Gasteiger partial charge in [0.05, 0.1) is 0 Å². The van der Waals surface area contributed by atoms with Crippen molar-refractivity contribution in [3.63, 3.8) is 0 Å². The molecule has 1 aliphatic rings. The molecule has 1 heterocycles. The highest BCUT2D eigenvalue weighted by Crippen LogP contribution is 2.49. The molecule has 1 amide bonds. The molecule has 3 rings (SSSR count). The molecule has 0 saturated heterocycles. The average molecular weight is 320 g/mol. The molecule has 1 fully saturated rings. The number of hydrogen-bond donors (Lipinski definition) is 2. The summed E-state index contributed by atoms with van der Waals surface area (Å²) in [4.78, 5) is 22.8. The van der Waals surface area contributed by atoms with Crippen molar-refractivity contribution in [2.45, 2.75) is 18.9 Å². The molecule has 1 aromatic carbocycles. The summed E-state index contributed by atoms with van der Waals surface area (Å²) in [6.45, 7) is -0.235. The van der Waals surface area contributed by atoms with Gasteiger partial charge >= 0.3 is 5.97 Å². The topological polar surface area (TPSA) is 84.2 Å². The van der Waals surface area contributed by atoms with Gasteiger partial charge in [-0.2, -0.15) is 5.10 Å². The van der Waals surface area contributed by atoms with Gasteiger partial charge in [0.1, 0.15) is 6.54 Å². The van der Waals surface area contributed by atoms with Gasteiger partial charge in [-0.25, -0.2) is 0 Å². The van der Waals surface area contributed by atoms with Gasteiger partial charge in [0.2, 0.25) is 5.91 Å². The second-order valence-corrected chi connectivity index (χ2v) is 5.66. The fourth-order valence-corrected chi connectivity index (χ4v) is 2.75. The van der Waals surface area contributed by atoms with Gasteiger partial charge < -0.3 is 10.4 Å². The maximum Gasteiger partial charge on any atom is 0.325 e. The van der Waals surface area contributed by atoms with Crippen molar-refractivity contribution in [1.82, 2.24) is 9.78 Å². The van der Waals surface area contributed by atoms with E-state index in [9.17, 15) is 9.59 Å². The molecule has 2 aromatic rings. The molecule has 2 atom stereocenters. The minimum atomic E-state index is -0.984. The van der Waals surface area contributed by atoms with Crippen LogP contribution in [0.4, 0.5) is 5.82 Å². The predicted molar refractivity (Wildman–Crippen MR) is 80.8 cm³/mol. The number of carboxylic acid groups (broad SMARTS) is 1. The van der Waals surface area contributed by atoms with Crippen molar-refractivity contribution in [2.75, 3.05) is 5.32 Å². The van der Waals surface area contributed by atoms with E-state index in [1.165, 1.54) is 10.9 Å². The number of aliphatic carboxylic acids is 1. The van der Waals surface area contributed by atoms with Gasteiger partial charge in [0.15, 0.2) is 5.82 Å². The zero-order chi connectivity index (χ0) is 15.7. The molecule has 22 heavy (non-hydrogen) atoms. The largest absolute Gasteiger partial charge is 0.480 e. The van der Waals surface area contributed by atoms with Crippen LogP contribution in [0, 0.1) is 5.92 Å². The molecular weight excluding hydrogens is 306 g/mol. The summed E-state index contributed by atoms with van der Waals surface area (Å²) >= 11 is 6.14. The van der Waals surface area contributed by atoms with Crippen molar-refractivity contribution >= 4 is 29.3 Å². The van der Waals surface area contributed by atoms with Crippen LogP contribution in [0.5, 0.6) is 0 Å². The lowest BCUT2D eigenvalue weighted by atomic mass is 10.1. The van der Waals surface area contributed by atoms with Crippen LogP contribution in [0.25, 0.3) is 0 Å². The fourth-order valence-electron chi connectivity index (χ4n) is 2.48. The van der Waals surface area contributed by atoms with Gasteiger partial charge in [0.25, 0.3) is 0 Å². The Hall–Kier alpha value is -2.34. The molecule has 1 saturated carbocycles. The number of benzene rings is 1. The van der Waals surface area contributed by atoms with Crippen molar-refractivity contribution < 1.29 is 14.7 Å². The number of anilines is 1. The Morgan fingerprint density at radius 3 is 2.86 bits per heavy atom. The molecular formula is C15H14ClN3O3. The first-order valence-electron chi connectivity index (χ1n) is 6.85. The number of halogens is 1. The Labute approximate surface area is 131 Å². The Morgan fingerprint density at radius 2 is 2.14 bits per heavy atom. The van der Waals surface area contributed by atoms with Gasteiger partial charge in [0, 0.05) is 23.2 Å². The molecule has 0 bridgehead atoms. The van der Waals surface area contributed by atoms with E-state index in [1.54, 1.807) is 6.07 Å². The highest BCUT2D eigenvalue weighted by Gasteiger charge is 2.44. The summed E-state index contributed by atoms with van der Waals surface area (Å²) in [5.41, 5.74) is 0.987. The first kappa shape index (κ1) is 14.6. The van der Waals surface area contributed by atoms with Gasteiger partial charge in [-0.05, 0) is 24.0 Å². The quantitative estimate of drug-likeness (QED) is 0.886. The van der Waals surface area contributed by atoms with E-state index in [0.29, 0.717) is 10.8 Å². The highest BCUT2D eigenvalue weighted by atomic mass is 35.5. The fraction of sp³-hybridized carbons (Fsp3) is 0.267. The first-order chi connectivity index (χ1) is 10.5.